The third-order valence-corrected chi connectivity index (χ3v) is 2.59. The third-order valence-electron chi connectivity index (χ3n) is 2.59. The smallest absolute Gasteiger partial charge is 0.164 e. The molecule has 0 rings (SSSR count). The summed E-state index contributed by atoms with van der Waals surface area (Å²) in [6.07, 6.45) is 2.14. The Morgan fingerprint density at radius 3 is 1.93 bits per heavy atom. The fourth-order valence-electron chi connectivity index (χ4n) is 0.710. The van der Waals surface area contributed by atoms with Crippen LogP contribution in [0.4, 0.5) is 0 Å². The lowest BCUT2D eigenvalue weighted by atomic mass is 9.83. The highest BCUT2D eigenvalue weighted by atomic mass is 16.3. The molecule has 0 bridgehead atoms. The highest BCUT2D eigenvalue weighted by Crippen LogP contribution is 2.26. The molecule has 0 aliphatic heterocycles. The molecule has 0 atom stereocenters. The van der Waals surface area contributed by atoms with Crippen LogP contribution < -0.4 is 0 Å². The topological polar surface area (TPSA) is 37.3 Å². The van der Waals surface area contributed by atoms with Crippen molar-refractivity contribution in [3.05, 3.63) is 11.8 Å². The molecule has 0 aliphatic rings. The molecule has 14 heavy (non-hydrogen) atoms. The quantitative estimate of drug-likeness (QED) is 0.557. The fourth-order valence-corrected chi connectivity index (χ4v) is 0.710. The van der Waals surface area contributed by atoms with E-state index in [9.17, 15) is 9.90 Å². The Morgan fingerprint density at radius 2 is 1.64 bits per heavy atom. The first kappa shape index (κ1) is 13.2. The zero-order valence-electron chi connectivity index (χ0n) is 10.1. The minimum absolute atomic E-state index is 0.00701. The van der Waals surface area contributed by atoms with Gasteiger partial charge in [-0.15, -0.1) is 0 Å². The number of hydrogen-bond donors (Lipinski definition) is 1. The summed E-state index contributed by atoms with van der Waals surface area (Å²) in [7, 11) is 0. The number of carbonyl (C=O) groups is 1. The lowest BCUT2D eigenvalue weighted by Crippen LogP contribution is -2.23. The molecule has 0 aromatic heterocycles. The van der Waals surface area contributed by atoms with Crippen LogP contribution in [0.25, 0.3) is 0 Å². The van der Waals surface area contributed by atoms with Crippen LogP contribution in [-0.2, 0) is 4.79 Å². The average molecular weight is 198 g/mol. The Kier molecular flexibility index (Phi) is 3.92. The number of aliphatic hydroxyl groups is 1. The second-order valence-electron chi connectivity index (χ2n) is 5.38. The van der Waals surface area contributed by atoms with E-state index in [0.717, 1.165) is 6.42 Å². The van der Waals surface area contributed by atoms with E-state index in [1.54, 1.807) is 0 Å². The molecular weight excluding hydrogens is 176 g/mol. The number of rotatable bonds is 3. The van der Waals surface area contributed by atoms with Crippen LogP contribution in [0.3, 0.4) is 0 Å². The molecule has 1 N–H and O–H groups in total. The van der Waals surface area contributed by atoms with E-state index in [1.165, 1.54) is 6.08 Å². The normalized spacial score (nSPS) is 14.3. The van der Waals surface area contributed by atoms with Crippen molar-refractivity contribution in [2.75, 3.05) is 0 Å². The van der Waals surface area contributed by atoms with Gasteiger partial charge in [-0.05, 0) is 6.42 Å². The van der Waals surface area contributed by atoms with Gasteiger partial charge in [0, 0.05) is 16.9 Å². The Balaban J connectivity index is 4.77. The molecule has 0 aromatic rings. The molecule has 0 spiro atoms. The van der Waals surface area contributed by atoms with Crippen molar-refractivity contribution in [3.8, 4) is 0 Å². The van der Waals surface area contributed by atoms with Crippen molar-refractivity contribution < 1.29 is 9.90 Å². The predicted octanol–water partition coefficient (Wildman–Crippen LogP) is 3.48. The molecule has 0 aliphatic carbocycles. The van der Waals surface area contributed by atoms with E-state index in [2.05, 4.69) is 0 Å². The average Bonchev–Trinajstić information content (AvgIpc) is 2.02. The molecule has 82 valence electrons. The summed E-state index contributed by atoms with van der Waals surface area (Å²) in [6, 6.07) is 0. The van der Waals surface area contributed by atoms with Gasteiger partial charge in [0.25, 0.3) is 0 Å². The van der Waals surface area contributed by atoms with E-state index < -0.39 is 0 Å². The third kappa shape index (κ3) is 3.52. The first-order chi connectivity index (χ1) is 6.11. The van der Waals surface area contributed by atoms with Crippen molar-refractivity contribution in [1.29, 1.82) is 0 Å². The molecule has 2 heteroatoms. The Labute approximate surface area is 87.0 Å². The Bertz CT molecular complexity index is 242. The number of allylic oxidation sites excluding steroid dienone is 2. The van der Waals surface area contributed by atoms with Gasteiger partial charge in [0.1, 0.15) is 5.76 Å². The second-order valence-corrected chi connectivity index (χ2v) is 5.38. The molecule has 0 fully saturated rings. The van der Waals surface area contributed by atoms with Crippen LogP contribution >= 0.6 is 0 Å². The van der Waals surface area contributed by atoms with Crippen LogP contribution in [0.1, 0.15) is 48.0 Å². The van der Waals surface area contributed by atoms with Crippen molar-refractivity contribution in [1.82, 2.24) is 0 Å². The van der Waals surface area contributed by atoms with Crippen LogP contribution in [0, 0.1) is 10.8 Å². The summed E-state index contributed by atoms with van der Waals surface area (Å²) in [4.78, 5) is 11.7. The van der Waals surface area contributed by atoms with Crippen molar-refractivity contribution in [2.24, 2.45) is 10.8 Å². The fraction of sp³-hybridized carbons (Fsp3) is 0.750. The number of aliphatic hydroxyl groups excluding tert-OH is 1. The maximum Gasteiger partial charge on any atom is 0.164 e. The number of hydrogen-bond acceptors (Lipinski definition) is 2. The van der Waals surface area contributed by atoms with E-state index in [1.807, 2.05) is 41.5 Å². The molecule has 0 amide bonds. The zero-order chi connectivity index (χ0) is 11.6. The SMILES string of the molecule is CCC(C)(C)C(=O)C=C(O)C(C)(C)C. The summed E-state index contributed by atoms with van der Waals surface area (Å²) in [5, 5.41) is 9.66. The lowest BCUT2D eigenvalue weighted by molar-refractivity contribution is -0.122. The van der Waals surface area contributed by atoms with Crippen molar-refractivity contribution in [2.45, 2.75) is 48.0 Å². The van der Waals surface area contributed by atoms with Crippen LogP contribution in [0.15, 0.2) is 11.8 Å². The van der Waals surface area contributed by atoms with Gasteiger partial charge >= 0.3 is 0 Å². The molecule has 0 saturated heterocycles. The van der Waals surface area contributed by atoms with Gasteiger partial charge in [-0.25, -0.2) is 0 Å². The molecule has 0 heterocycles. The van der Waals surface area contributed by atoms with Crippen LogP contribution in [-0.4, -0.2) is 10.9 Å². The first-order valence-electron chi connectivity index (χ1n) is 5.07. The number of carbonyl (C=O) groups excluding carboxylic acids is 1. The molecule has 0 saturated carbocycles. The van der Waals surface area contributed by atoms with Crippen molar-refractivity contribution >= 4 is 5.78 Å². The van der Waals surface area contributed by atoms with Gasteiger partial charge in [0.05, 0.1) is 0 Å². The van der Waals surface area contributed by atoms with Gasteiger partial charge in [-0.1, -0.05) is 41.5 Å². The monoisotopic (exact) mass is 198 g/mol. The van der Waals surface area contributed by atoms with E-state index >= 15 is 0 Å². The van der Waals surface area contributed by atoms with Crippen molar-refractivity contribution in [3.63, 3.8) is 0 Å². The van der Waals surface area contributed by atoms with Gasteiger partial charge in [0.15, 0.2) is 5.78 Å². The molecule has 0 unspecified atom stereocenters. The Hall–Kier alpha value is -0.790. The van der Waals surface area contributed by atoms with E-state index in [4.69, 9.17) is 0 Å². The molecule has 2 nitrogen and oxygen atoms in total. The maximum atomic E-state index is 11.7. The minimum Gasteiger partial charge on any atom is -0.512 e. The highest BCUT2D eigenvalue weighted by molar-refractivity contribution is 5.94. The van der Waals surface area contributed by atoms with Gasteiger partial charge in [-0.2, -0.15) is 0 Å². The van der Waals surface area contributed by atoms with Gasteiger partial charge < -0.3 is 5.11 Å². The minimum atomic E-state index is -0.376. The van der Waals surface area contributed by atoms with Crippen LogP contribution in [0.5, 0.6) is 0 Å². The lowest BCUT2D eigenvalue weighted by Gasteiger charge is -2.21. The van der Waals surface area contributed by atoms with Gasteiger partial charge in [0.2, 0.25) is 0 Å². The summed E-state index contributed by atoms with van der Waals surface area (Å²) in [5.41, 5.74) is -0.724. The molecular formula is C12H22O2. The predicted molar refractivity (Wildman–Crippen MR) is 59.2 cm³/mol. The van der Waals surface area contributed by atoms with E-state index in [0.29, 0.717) is 0 Å². The summed E-state index contributed by atoms with van der Waals surface area (Å²) in [6.45, 7) is 11.4. The second kappa shape index (κ2) is 4.16. The largest absolute Gasteiger partial charge is 0.512 e. The maximum absolute atomic E-state index is 11.7. The number of ketones is 1. The summed E-state index contributed by atoms with van der Waals surface area (Å²) in [5.74, 6) is 0.149. The Morgan fingerprint density at radius 1 is 1.21 bits per heavy atom. The first-order valence-corrected chi connectivity index (χ1v) is 5.07. The summed E-state index contributed by atoms with van der Waals surface area (Å²) >= 11 is 0. The van der Waals surface area contributed by atoms with Crippen LogP contribution in [0.2, 0.25) is 0 Å². The zero-order valence-corrected chi connectivity index (χ0v) is 10.1. The molecule has 0 radical (unpaired) electrons. The molecule has 0 aromatic carbocycles. The van der Waals surface area contributed by atoms with Gasteiger partial charge in [-0.3, -0.25) is 4.79 Å². The summed E-state index contributed by atoms with van der Waals surface area (Å²) < 4.78 is 0. The standard InChI is InChI=1S/C12H22O2/c1-7-12(5,6)10(14)8-9(13)11(2,3)4/h8,13H,7H2,1-6H3. The van der Waals surface area contributed by atoms with E-state index in [-0.39, 0.29) is 22.4 Å². The highest BCUT2D eigenvalue weighted by Gasteiger charge is 2.26.